The van der Waals surface area contributed by atoms with Crippen LogP contribution in [0.4, 0.5) is 0 Å². The van der Waals surface area contributed by atoms with Crippen LogP contribution in [0.1, 0.15) is 33.6 Å². The highest BCUT2D eigenvalue weighted by atomic mass is 32.1. The van der Waals surface area contributed by atoms with E-state index < -0.39 is 0 Å². The Morgan fingerprint density at radius 3 is 2.46 bits per heavy atom. The average molecular weight is 345 g/mol. The molecular formula is C19H23NO3S. The monoisotopic (exact) mass is 345 g/mol. The molecule has 128 valence electrons. The number of ether oxygens (including phenoxy) is 1. The van der Waals surface area contributed by atoms with Crippen LogP contribution in [0.3, 0.4) is 0 Å². The number of amides is 1. The predicted molar refractivity (Wildman–Crippen MR) is 96.9 cm³/mol. The van der Waals surface area contributed by atoms with Crippen LogP contribution in [0.25, 0.3) is 0 Å². The number of ketones is 1. The first-order valence-corrected chi connectivity index (χ1v) is 8.85. The van der Waals surface area contributed by atoms with Crippen molar-refractivity contribution >= 4 is 23.0 Å². The van der Waals surface area contributed by atoms with Crippen molar-refractivity contribution in [1.29, 1.82) is 0 Å². The molecule has 0 aliphatic heterocycles. The molecule has 0 aliphatic rings. The molecule has 0 radical (unpaired) electrons. The summed E-state index contributed by atoms with van der Waals surface area (Å²) in [6.45, 7) is 4.99. The van der Waals surface area contributed by atoms with Crippen LogP contribution >= 0.6 is 11.3 Å². The summed E-state index contributed by atoms with van der Waals surface area (Å²) in [5, 5.41) is 1.87. The van der Waals surface area contributed by atoms with Gasteiger partial charge in [0.25, 0.3) is 0 Å². The van der Waals surface area contributed by atoms with E-state index in [1.165, 1.54) is 11.3 Å². The molecule has 0 N–H and O–H groups in total. The molecule has 0 saturated heterocycles. The van der Waals surface area contributed by atoms with Gasteiger partial charge in [0.05, 0.1) is 11.4 Å². The highest BCUT2D eigenvalue weighted by Gasteiger charge is 2.13. The van der Waals surface area contributed by atoms with Gasteiger partial charge in [-0.15, -0.1) is 11.3 Å². The molecule has 1 heterocycles. The van der Waals surface area contributed by atoms with Gasteiger partial charge < -0.3 is 9.64 Å². The number of hydrogen-bond donors (Lipinski definition) is 0. The summed E-state index contributed by atoms with van der Waals surface area (Å²) >= 11 is 1.41. The van der Waals surface area contributed by atoms with Crippen molar-refractivity contribution < 1.29 is 14.3 Å². The maximum atomic E-state index is 12.1. The largest absolute Gasteiger partial charge is 0.492 e. The van der Waals surface area contributed by atoms with Crippen molar-refractivity contribution in [3.05, 3.63) is 51.7 Å². The smallest absolute Gasteiger partial charge is 0.222 e. The number of likely N-dealkylation sites (N-methyl/N-ethyl adjacent to an activating group) is 1. The lowest BCUT2D eigenvalue weighted by atomic mass is 10.1. The zero-order valence-electron chi connectivity index (χ0n) is 14.4. The predicted octanol–water partition coefficient (Wildman–Crippen LogP) is 3.87. The molecular weight excluding hydrogens is 322 g/mol. The van der Waals surface area contributed by atoms with Gasteiger partial charge in [-0.3, -0.25) is 9.59 Å². The fraction of sp³-hybridized carbons (Fsp3) is 0.368. The normalized spacial score (nSPS) is 10.5. The Morgan fingerprint density at radius 1 is 1.12 bits per heavy atom. The zero-order chi connectivity index (χ0) is 17.5. The zero-order valence-corrected chi connectivity index (χ0v) is 15.2. The molecule has 1 aromatic heterocycles. The van der Waals surface area contributed by atoms with E-state index in [-0.39, 0.29) is 24.5 Å². The average Bonchev–Trinajstić information content (AvgIpc) is 3.05. The first-order chi connectivity index (χ1) is 11.5. The standard InChI is InChI=1S/C19H23NO3S/c1-14-11-15(2)13-16(12-14)23-9-8-20(3)19(22)7-6-17(21)18-5-4-10-24-18/h4-5,10-13H,6-9H2,1-3H3. The van der Waals surface area contributed by atoms with Gasteiger partial charge in [0.2, 0.25) is 5.91 Å². The number of nitrogens with zero attached hydrogens (tertiary/aromatic N) is 1. The van der Waals surface area contributed by atoms with Crippen LogP contribution in [-0.4, -0.2) is 36.8 Å². The maximum absolute atomic E-state index is 12.1. The summed E-state index contributed by atoms with van der Waals surface area (Å²) in [5.74, 6) is 0.809. The maximum Gasteiger partial charge on any atom is 0.222 e. The summed E-state index contributed by atoms with van der Waals surface area (Å²) in [5.41, 5.74) is 2.31. The lowest BCUT2D eigenvalue weighted by Gasteiger charge is -2.17. The molecule has 0 bridgehead atoms. The molecule has 1 aromatic carbocycles. The van der Waals surface area contributed by atoms with Crippen molar-refractivity contribution in [2.75, 3.05) is 20.2 Å². The van der Waals surface area contributed by atoms with E-state index in [9.17, 15) is 9.59 Å². The molecule has 0 unspecified atom stereocenters. The molecule has 0 aliphatic carbocycles. The van der Waals surface area contributed by atoms with Crippen LogP contribution in [0.2, 0.25) is 0 Å². The van der Waals surface area contributed by atoms with Crippen molar-refractivity contribution in [3.8, 4) is 5.75 Å². The van der Waals surface area contributed by atoms with Crippen LogP contribution in [-0.2, 0) is 4.79 Å². The minimum absolute atomic E-state index is 0.0261. The topological polar surface area (TPSA) is 46.6 Å². The lowest BCUT2D eigenvalue weighted by molar-refractivity contribution is -0.130. The molecule has 1 amide bonds. The third-order valence-electron chi connectivity index (χ3n) is 3.68. The van der Waals surface area contributed by atoms with Gasteiger partial charge in [-0.1, -0.05) is 12.1 Å². The second kappa shape index (κ2) is 8.64. The number of carbonyl (C=O) groups is 2. The fourth-order valence-electron chi connectivity index (χ4n) is 2.41. The third-order valence-corrected chi connectivity index (χ3v) is 4.59. The molecule has 2 rings (SSSR count). The van der Waals surface area contributed by atoms with Crippen LogP contribution in [0.5, 0.6) is 5.75 Å². The van der Waals surface area contributed by atoms with Gasteiger partial charge in [0.1, 0.15) is 12.4 Å². The first-order valence-electron chi connectivity index (χ1n) is 7.97. The van der Waals surface area contributed by atoms with Crippen molar-refractivity contribution in [3.63, 3.8) is 0 Å². The summed E-state index contributed by atoms with van der Waals surface area (Å²) in [6, 6.07) is 9.69. The molecule has 0 spiro atoms. The highest BCUT2D eigenvalue weighted by molar-refractivity contribution is 7.12. The molecule has 5 heteroatoms. The molecule has 24 heavy (non-hydrogen) atoms. The number of thiophene rings is 1. The molecule has 2 aromatic rings. The fourth-order valence-corrected chi connectivity index (χ4v) is 3.11. The van der Waals surface area contributed by atoms with Crippen LogP contribution in [0, 0.1) is 13.8 Å². The van der Waals surface area contributed by atoms with Crippen molar-refractivity contribution in [2.45, 2.75) is 26.7 Å². The van der Waals surface area contributed by atoms with Crippen molar-refractivity contribution in [2.24, 2.45) is 0 Å². The molecule has 0 saturated carbocycles. The van der Waals surface area contributed by atoms with Gasteiger partial charge in [0, 0.05) is 19.9 Å². The Kier molecular flexibility index (Phi) is 6.55. The van der Waals surface area contributed by atoms with Gasteiger partial charge in [-0.25, -0.2) is 0 Å². The Bertz CT molecular complexity index is 674. The number of Topliss-reactive ketones (excluding diaryl/α,β-unsaturated/α-hetero) is 1. The van der Waals surface area contributed by atoms with E-state index in [2.05, 4.69) is 6.07 Å². The van der Waals surface area contributed by atoms with Crippen LogP contribution < -0.4 is 4.74 Å². The Balaban J connectivity index is 1.72. The number of rotatable bonds is 8. The molecule has 4 nitrogen and oxygen atoms in total. The summed E-state index contributed by atoms with van der Waals surface area (Å²) in [6.07, 6.45) is 0.485. The number of aryl methyl sites for hydroxylation is 2. The highest BCUT2D eigenvalue weighted by Crippen LogP contribution is 2.16. The third kappa shape index (κ3) is 5.49. The van der Waals surface area contributed by atoms with E-state index in [0.29, 0.717) is 18.0 Å². The summed E-state index contributed by atoms with van der Waals surface area (Å²) < 4.78 is 5.71. The number of carbonyl (C=O) groups excluding carboxylic acids is 2. The van der Waals surface area contributed by atoms with E-state index in [1.54, 1.807) is 18.0 Å². The van der Waals surface area contributed by atoms with E-state index in [1.807, 2.05) is 37.4 Å². The minimum atomic E-state index is -0.0380. The van der Waals surface area contributed by atoms with Crippen molar-refractivity contribution in [1.82, 2.24) is 4.90 Å². The summed E-state index contributed by atoms with van der Waals surface area (Å²) in [4.78, 5) is 26.3. The second-order valence-corrected chi connectivity index (χ2v) is 6.84. The van der Waals surface area contributed by atoms with E-state index in [0.717, 1.165) is 16.9 Å². The number of hydrogen-bond acceptors (Lipinski definition) is 4. The first kappa shape index (κ1) is 18.2. The van der Waals surface area contributed by atoms with Gasteiger partial charge in [-0.05, 0) is 48.6 Å². The van der Waals surface area contributed by atoms with Gasteiger partial charge in [0.15, 0.2) is 5.78 Å². The Hall–Kier alpha value is -2.14. The Labute approximate surface area is 147 Å². The van der Waals surface area contributed by atoms with Gasteiger partial charge >= 0.3 is 0 Å². The molecule has 0 atom stereocenters. The minimum Gasteiger partial charge on any atom is -0.492 e. The Morgan fingerprint density at radius 2 is 1.83 bits per heavy atom. The second-order valence-electron chi connectivity index (χ2n) is 5.89. The van der Waals surface area contributed by atoms with E-state index >= 15 is 0 Å². The van der Waals surface area contributed by atoms with E-state index in [4.69, 9.17) is 4.74 Å². The SMILES string of the molecule is Cc1cc(C)cc(OCCN(C)C(=O)CCC(=O)c2cccs2)c1. The van der Waals surface area contributed by atoms with Gasteiger partial charge in [-0.2, -0.15) is 0 Å². The summed E-state index contributed by atoms with van der Waals surface area (Å²) in [7, 11) is 1.74. The molecule has 0 fully saturated rings. The lowest BCUT2D eigenvalue weighted by Crippen LogP contribution is -2.31. The number of benzene rings is 1. The quantitative estimate of drug-likeness (QED) is 0.683. The van der Waals surface area contributed by atoms with Crippen LogP contribution in [0.15, 0.2) is 35.7 Å².